The molecule has 1 N–H and O–H groups in total. The van der Waals surface area contributed by atoms with Crippen LogP contribution in [-0.4, -0.2) is 11.6 Å². The van der Waals surface area contributed by atoms with Gasteiger partial charge in [0.05, 0.1) is 0 Å². The largest absolute Gasteiger partial charge is 0.365 e. The Kier molecular flexibility index (Phi) is 9.27. The van der Waals surface area contributed by atoms with E-state index in [-0.39, 0.29) is 5.92 Å². The first-order valence-corrected chi connectivity index (χ1v) is 17.7. The van der Waals surface area contributed by atoms with Gasteiger partial charge in [0.1, 0.15) is 6.29 Å². The first kappa shape index (κ1) is 29.7. The van der Waals surface area contributed by atoms with Gasteiger partial charge >= 0.3 is 0 Å². The van der Waals surface area contributed by atoms with Crippen molar-refractivity contribution in [1.82, 2.24) is 5.32 Å². The molecule has 3 unspecified atom stereocenters. The zero-order valence-corrected chi connectivity index (χ0v) is 27.1. The summed E-state index contributed by atoms with van der Waals surface area (Å²) in [6.07, 6.45) is 26.8. The number of carbonyl (C=O) groups excluding carboxylic acids is 1. The Balaban J connectivity index is 1.44. The second-order valence-corrected chi connectivity index (χ2v) is 16.1. The summed E-state index contributed by atoms with van der Waals surface area (Å²) < 4.78 is 0. The lowest BCUT2D eigenvalue weighted by molar-refractivity contribution is -0.161. The first-order chi connectivity index (χ1) is 18.7. The molecule has 0 saturated heterocycles. The molecule has 0 aromatic carbocycles. The molecular weight excluding hydrogens is 542 g/mol. The highest BCUT2D eigenvalue weighted by Crippen LogP contribution is 2.71. The van der Waals surface area contributed by atoms with Crippen molar-refractivity contribution in [3.05, 3.63) is 36.2 Å². The monoisotopic (exact) mass is 597 g/mol. The summed E-state index contributed by atoms with van der Waals surface area (Å²) in [7, 11) is 0. The Bertz CT molecular complexity index is 952. The topological polar surface area (TPSA) is 29.1 Å². The molecule has 11 atom stereocenters. The molecule has 2 nitrogen and oxygen atoms in total. The van der Waals surface area contributed by atoms with Crippen LogP contribution in [0.15, 0.2) is 36.2 Å². The van der Waals surface area contributed by atoms with Gasteiger partial charge in [0.15, 0.2) is 0 Å². The summed E-state index contributed by atoms with van der Waals surface area (Å²) in [5.41, 5.74) is 2.13. The number of allylic oxidation sites excluding steroid dienone is 5. The van der Waals surface area contributed by atoms with Gasteiger partial charge in [-0.15, -0.1) is 0 Å². The van der Waals surface area contributed by atoms with Gasteiger partial charge in [-0.25, -0.2) is 0 Å². The van der Waals surface area contributed by atoms with E-state index in [0.717, 1.165) is 53.2 Å². The molecule has 0 bridgehead atoms. The number of aldehydes is 1. The van der Waals surface area contributed by atoms with E-state index in [1.807, 2.05) is 0 Å². The van der Waals surface area contributed by atoms with Crippen LogP contribution < -0.4 is 5.32 Å². The molecule has 218 valence electrons. The predicted octanol–water partition coefficient (Wildman–Crippen LogP) is 9.72. The molecule has 1 heterocycles. The molecule has 5 aliphatic rings. The number of alkyl halides is 1. The van der Waals surface area contributed by atoms with Crippen LogP contribution in [0.4, 0.5) is 0 Å². The van der Waals surface area contributed by atoms with Crippen LogP contribution in [0.5, 0.6) is 0 Å². The van der Waals surface area contributed by atoms with Crippen LogP contribution in [-0.2, 0) is 4.79 Å². The molecule has 0 amide bonds. The molecular formula is C36H56BrNO. The summed E-state index contributed by atoms with van der Waals surface area (Å²) >= 11 is 3.89. The van der Waals surface area contributed by atoms with Crippen molar-refractivity contribution in [2.24, 2.45) is 70.0 Å². The average Bonchev–Trinajstić information content (AvgIpc) is 3.06. The normalized spacial score (nSPS) is 44.0. The van der Waals surface area contributed by atoms with E-state index in [4.69, 9.17) is 0 Å². The first-order valence-electron chi connectivity index (χ1n) is 16.6. The van der Waals surface area contributed by atoms with Crippen LogP contribution in [0.3, 0.4) is 0 Å². The van der Waals surface area contributed by atoms with E-state index in [1.165, 1.54) is 76.2 Å². The quantitative estimate of drug-likeness (QED) is 0.211. The van der Waals surface area contributed by atoms with Crippen LogP contribution in [0.25, 0.3) is 0 Å². The Labute approximate surface area is 248 Å². The standard InChI is InChI=1S/C36H56BrNO/c1-24(2)10-9-11-25(3)28-13-14-29-33-26(17-20-37)22-31-34(32-12-7-6-8-21-38-32)27(23-39)15-18-36(31,5)30(33)16-19-35(28,29)4/h6-8,12,21,23-31,33-34,38H,9-11,13-20,22H2,1-5H3/t25-,26?,27?,28-,29+,30+,31+,33+,34?,35-,36-/m1/s1. The van der Waals surface area contributed by atoms with Gasteiger partial charge in [0.2, 0.25) is 0 Å². The molecule has 0 aromatic rings. The number of hydrogen-bond acceptors (Lipinski definition) is 2. The van der Waals surface area contributed by atoms with Crippen molar-refractivity contribution in [2.75, 3.05) is 5.33 Å². The highest BCUT2D eigenvalue weighted by molar-refractivity contribution is 9.09. The Morgan fingerprint density at radius 2 is 1.74 bits per heavy atom. The SMILES string of the molecule is CC(C)CCC[C@@H](C)[C@H]1CC[C@H]2[C@@H]3C(CCBr)C[C@H]4C(C5=CC=CC=CN5)C(C=O)CC[C@]4(C)[C@H]3CC[C@]12C. The molecule has 0 spiro atoms. The lowest BCUT2D eigenvalue weighted by Crippen LogP contribution is -2.59. The van der Waals surface area contributed by atoms with Crippen molar-refractivity contribution in [1.29, 1.82) is 0 Å². The molecule has 3 heteroatoms. The third kappa shape index (κ3) is 5.41. The number of nitrogens with one attached hydrogen (secondary N) is 1. The molecule has 5 rings (SSSR count). The van der Waals surface area contributed by atoms with Crippen molar-refractivity contribution in [3.8, 4) is 0 Å². The van der Waals surface area contributed by atoms with E-state index in [2.05, 4.69) is 86.4 Å². The lowest BCUT2D eigenvalue weighted by Gasteiger charge is -2.65. The highest BCUT2D eigenvalue weighted by Gasteiger charge is 2.64. The highest BCUT2D eigenvalue weighted by atomic mass is 79.9. The molecule has 1 aliphatic heterocycles. The summed E-state index contributed by atoms with van der Waals surface area (Å²) in [4.78, 5) is 12.5. The minimum Gasteiger partial charge on any atom is -0.365 e. The van der Waals surface area contributed by atoms with Crippen LogP contribution in [0.1, 0.15) is 105 Å². The number of fused-ring (bicyclic) bond motifs is 5. The summed E-state index contributed by atoms with van der Waals surface area (Å²) in [6.45, 7) is 12.8. The molecule has 39 heavy (non-hydrogen) atoms. The van der Waals surface area contributed by atoms with Crippen molar-refractivity contribution in [3.63, 3.8) is 0 Å². The molecule has 4 fully saturated rings. The number of carbonyl (C=O) groups is 1. The van der Waals surface area contributed by atoms with E-state index in [1.54, 1.807) is 0 Å². The van der Waals surface area contributed by atoms with E-state index in [9.17, 15) is 4.79 Å². The molecule has 0 aromatic heterocycles. The van der Waals surface area contributed by atoms with Gasteiger partial charge in [-0.05, 0) is 122 Å². The van der Waals surface area contributed by atoms with E-state index >= 15 is 0 Å². The predicted molar refractivity (Wildman–Crippen MR) is 168 cm³/mol. The Hall–Kier alpha value is -0.830. The fourth-order valence-electron chi connectivity index (χ4n) is 11.3. The lowest BCUT2D eigenvalue weighted by atomic mass is 9.40. The van der Waals surface area contributed by atoms with Crippen molar-refractivity contribution < 1.29 is 4.79 Å². The maximum absolute atomic E-state index is 12.5. The zero-order chi connectivity index (χ0) is 27.8. The smallest absolute Gasteiger partial charge is 0.123 e. The van der Waals surface area contributed by atoms with Gasteiger partial charge in [0, 0.05) is 29.1 Å². The Morgan fingerprint density at radius 3 is 2.49 bits per heavy atom. The van der Waals surface area contributed by atoms with Gasteiger partial charge in [-0.3, -0.25) is 0 Å². The fraction of sp³-hybridized carbons (Fsp3) is 0.806. The van der Waals surface area contributed by atoms with E-state index < -0.39 is 0 Å². The molecule has 0 radical (unpaired) electrons. The second kappa shape index (κ2) is 12.2. The van der Waals surface area contributed by atoms with Crippen LogP contribution in [0, 0.1) is 70.0 Å². The average molecular weight is 599 g/mol. The second-order valence-electron chi connectivity index (χ2n) is 15.3. The van der Waals surface area contributed by atoms with Gasteiger partial charge in [-0.1, -0.05) is 82.0 Å². The van der Waals surface area contributed by atoms with Gasteiger partial charge in [0.25, 0.3) is 0 Å². The number of rotatable bonds is 9. The van der Waals surface area contributed by atoms with Gasteiger partial charge in [-0.2, -0.15) is 0 Å². The van der Waals surface area contributed by atoms with Crippen molar-refractivity contribution in [2.45, 2.75) is 105 Å². The summed E-state index contributed by atoms with van der Waals surface area (Å²) in [5.74, 6) is 6.97. The van der Waals surface area contributed by atoms with Crippen molar-refractivity contribution >= 4 is 22.2 Å². The maximum atomic E-state index is 12.5. The maximum Gasteiger partial charge on any atom is 0.123 e. The number of halogens is 1. The molecule has 4 aliphatic carbocycles. The minimum atomic E-state index is 0.138. The molecule has 4 saturated carbocycles. The van der Waals surface area contributed by atoms with Gasteiger partial charge < -0.3 is 10.1 Å². The zero-order valence-electron chi connectivity index (χ0n) is 25.5. The van der Waals surface area contributed by atoms with Crippen LogP contribution >= 0.6 is 15.9 Å². The summed E-state index contributed by atoms with van der Waals surface area (Å²) in [6, 6.07) is 0. The Morgan fingerprint density at radius 1 is 0.974 bits per heavy atom. The summed E-state index contributed by atoms with van der Waals surface area (Å²) in [5, 5.41) is 4.73. The third-order valence-electron chi connectivity index (χ3n) is 13.1. The number of hydrogen-bond donors (Lipinski definition) is 1. The van der Waals surface area contributed by atoms with Crippen LogP contribution in [0.2, 0.25) is 0 Å². The van der Waals surface area contributed by atoms with E-state index in [0.29, 0.717) is 22.7 Å². The third-order valence-corrected chi connectivity index (χ3v) is 13.6. The fourth-order valence-corrected chi connectivity index (χ4v) is 11.9. The minimum absolute atomic E-state index is 0.138.